The van der Waals surface area contributed by atoms with Crippen molar-refractivity contribution < 1.29 is 9.53 Å². The Labute approximate surface area is 131 Å². The average molecular weight is 382 g/mol. The molecule has 0 radical (unpaired) electrons. The Kier molecular flexibility index (Phi) is 3.32. The summed E-state index contributed by atoms with van der Waals surface area (Å²) >= 11 is 2.16. The number of benzene rings is 1. The molecule has 1 atom stereocenters. The van der Waals surface area contributed by atoms with Crippen LogP contribution in [0, 0.1) is 0 Å². The number of ether oxygens (including phenoxy) is 1. The van der Waals surface area contributed by atoms with Crippen LogP contribution in [0.1, 0.15) is 18.9 Å². The highest BCUT2D eigenvalue weighted by atomic mass is 127. The normalized spacial score (nSPS) is 24.1. The Morgan fingerprint density at radius 2 is 2.15 bits per heavy atom. The predicted molar refractivity (Wildman–Crippen MR) is 85.5 cm³/mol. The lowest BCUT2D eigenvalue weighted by molar-refractivity contribution is -0.140. The summed E-state index contributed by atoms with van der Waals surface area (Å²) in [4.78, 5) is 18.7. The standard InChI is InChI=1S/C15H15IN2O2/c1-15-8-11(15)12(17-14(16)18(15)2)13(19)20-9-10-6-4-3-5-7-10/h3-7H,8-9H2,1-2H3. The highest BCUT2D eigenvalue weighted by Gasteiger charge is 2.54. The number of carbonyl (C=O) groups excluding carboxylic acids is 1. The van der Waals surface area contributed by atoms with Gasteiger partial charge in [0.1, 0.15) is 6.61 Å². The zero-order valence-electron chi connectivity index (χ0n) is 11.4. The second-order valence-corrected chi connectivity index (χ2v) is 6.24. The number of halogens is 1. The molecule has 1 unspecified atom stereocenters. The van der Waals surface area contributed by atoms with Crippen LogP contribution in [-0.4, -0.2) is 27.3 Å². The molecular weight excluding hydrogens is 367 g/mol. The number of likely N-dealkylation sites (N-methyl/N-ethyl adjacent to an activating group) is 1. The third kappa shape index (κ3) is 2.24. The molecule has 0 saturated heterocycles. The van der Waals surface area contributed by atoms with E-state index in [1.54, 1.807) is 0 Å². The molecule has 3 rings (SSSR count). The van der Waals surface area contributed by atoms with Crippen LogP contribution in [0.15, 0.2) is 46.6 Å². The van der Waals surface area contributed by atoms with Crippen LogP contribution >= 0.6 is 22.6 Å². The van der Waals surface area contributed by atoms with E-state index >= 15 is 0 Å². The van der Waals surface area contributed by atoms with E-state index in [0.29, 0.717) is 5.70 Å². The van der Waals surface area contributed by atoms with Crippen molar-refractivity contribution in [1.29, 1.82) is 0 Å². The fourth-order valence-electron chi connectivity index (χ4n) is 2.36. The van der Waals surface area contributed by atoms with Crippen LogP contribution < -0.4 is 0 Å². The molecule has 1 aromatic rings. The second-order valence-electron chi connectivity index (χ2n) is 5.28. The Hall–Kier alpha value is -1.37. The molecule has 0 bridgehead atoms. The molecule has 4 nitrogen and oxygen atoms in total. The van der Waals surface area contributed by atoms with Gasteiger partial charge in [0.2, 0.25) is 0 Å². The maximum Gasteiger partial charge on any atom is 0.357 e. The highest BCUT2D eigenvalue weighted by molar-refractivity contribution is 14.1. The van der Waals surface area contributed by atoms with Crippen molar-refractivity contribution in [3.63, 3.8) is 0 Å². The number of nitrogens with zero attached hydrogens (tertiary/aromatic N) is 2. The van der Waals surface area contributed by atoms with Crippen LogP contribution in [0.4, 0.5) is 0 Å². The maximum atomic E-state index is 12.2. The van der Waals surface area contributed by atoms with Gasteiger partial charge in [-0.15, -0.1) is 0 Å². The van der Waals surface area contributed by atoms with E-state index in [-0.39, 0.29) is 18.1 Å². The fraction of sp³-hybridized carbons (Fsp3) is 0.333. The smallest absolute Gasteiger partial charge is 0.357 e. The number of carbonyl (C=O) groups is 1. The molecular formula is C15H15IN2O2. The van der Waals surface area contributed by atoms with Gasteiger partial charge in [0.25, 0.3) is 0 Å². The van der Waals surface area contributed by atoms with Crippen molar-refractivity contribution in [3.8, 4) is 0 Å². The van der Waals surface area contributed by atoms with Crippen molar-refractivity contribution in [1.82, 2.24) is 4.90 Å². The van der Waals surface area contributed by atoms with Crippen LogP contribution in [0.5, 0.6) is 0 Å². The van der Waals surface area contributed by atoms with Crippen molar-refractivity contribution in [2.45, 2.75) is 25.5 Å². The second kappa shape index (κ2) is 4.87. The largest absolute Gasteiger partial charge is 0.456 e. The summed E-state index contributed by atoms with van der Waals surface area (Å²) in [5.74, 6) is -0.324. The molecule has 1 aliphatic carbocycles. The third-order valence-corrected chi connectivity index (χ3v) is 4.92. The van der Waals surface area contributed by atoms with Gasteiger partial charge >= 0.3 is 5.97 Å². The Morgan fingerprint density at radius 3 is 2.85 bits per heavy atom. The monoisotopic (exact) mass is 382 g/mol. The number of esters is 1. The lowest BCUT2D eigenvalue weighted by atomic mass is 10.2. The summed E-state index contributed by atoms with van der Waals surface area (Å²) in [5, 5.41) is 0. The summed E-state index contributed by atoms with van der Waals surface area (Å²) in [6.07, 6.45) is 0.884. The van der Waals surface area contributed by atoms with Gasteiger partial charge in [-0.1, -0.05) is 30.3 Å². The number of hydrogen-bond donors (Lipinski definition) is 0. The Morgan fingerprint density at radius 1 is 1.45 bits per heavy atom. The molecule has 1 aliphatic heterocycles. The lowest BCUT2D eigenvalue weighted by Crippen LogP contribution is -2.36. The van der Waals surface area contributed by atoms with Gasteiger partial charge in [-0.3, -0.25) is 0 Å². The zero-order valence-corrected chi connectivity index (χ0v) is 13.5. The van der Waals surface area contributed by atoms with Gasteiger partial charge in [-0.25, -0.2) is 9.79 Å². The molecule has 0 amide bonds. The van der Waals surface area contributed by atoms with Crippen LogP contribution in [-0.2, 0) is 16.1 Å². The minimum atomic E-state index is -0.324. The minimum absolute atomic E-state index is 0.0423. The summed E-state index contributed by atoms with van der Waals surface area (Å²) in [6, 6.07) is 9.68. The van der Waals surface area contributed by atoms with Crippen LogP contribution in [0.2, 0.25) is 0 Å². The summed E-state index contributed by atoms with van der Waals surface area (Å²) in [7, 11) is 2.00. The summed E-state index contributed by atoms with van der Waals surface area (Å²) < 4.78 is 6.20. The first-order chi connectivity index (χ1) is 9.52. The van der Waals surface area contributed by atoms with E-state index in [2.05, 4.69) is 39.4 Å². The molecule has 2 aliphatic rings. The average Bonchev–Trinajstić information content (AvgIpc) is 3.15. The van der Waals surface area contributed by atoms with Gasteiger partial charge in [-0.05, 0) is 40.7 Å². The third-order valence-electron chi connectivity index (χ3n) is 3.96. The van der Waals surface area contributed by atoms with E-state index in [9.17, 15) is 4.79 Å². The van der Waals surface area contributed by atoms with Crippen molar-refractivity contribution in [2.75, 3.05) is 7.05 Å². The number of hydrogen-bond acceptors (Lipinski definition) is 4. The van der Waals surface area contributed by atoms with Gasteiger partial charge in [0.15, 0.2) is 9.54 Å². The van der Waals surface area contributed by atoms with E-state index in [1.807, 2.05) is 37.4 Å². The van der Waals surface area contributed by atoms with Gasteiger partial charge in [-0.2, -0.15) is 0 Å². The number of rotatable bonds is 3. The van der Waals surface area contributed by atoms with E-state index in [0.717, 1.165) is 21.4 Å². The van der Waals surface area contributed by atoms with Crippen molar-refractivity contribution >= 4 is 32.4 Å². The summed E-state index contributed by atoms with van der Waals surface area (Å²) in [6.45, 7) is 2.41. The maximum absolute atomic E-state index is 12.2. The fourth-order valence-corrected chi connectivity index (χ4v) is 3.13. The number of amidine groups is 1. The first-order valence-electron chi connectivity index (χ1n) is 6.45. The van der Waals surface area contributed by atoms with Crippen molar-refractivity contribution in [2.24, 2.45) is 4.99 Å². The predicted octanol–water partition coefficient (Wildman–Crippen LogP) is 2.88. The molecule has 1 heterocycles. The molecule has 104 valence electrons. The molecule has 0 N–H and O–H groups in total. The quantitative estimate of drug-likeness (QED) is 0.459. The zero-order chi connectivity index (χ0) is 14.3. The molecule has 1 saturated carbocycles. The van der Waals surface area contributed by atoms with Gasteiger partial charge in [0, 0.05) is 13.5 Å². The molecule has 20 heavy (non-hydrogen) atoms. The van der Waals surface area contributed by atoms with Gasteiger partial charge < -0.3 is 9.64 Å². The molecule has 1 aromatic carbocycles. The summed E-state index contributed by atoms with van der Waals surface area (Å²) in [5.41, 5.74) is 2.51. The molecule has 1 fully saturated rings. The van der Waals surface area contributed by atoms with Crippen LogP contribution in [0.3, 0.4) is 0 Å². The highest BCUT2D eigenvalue weighted by Crippen LogP contribution is 2.52. The lowest BCUT2D eigenvalue weighted by Gasteiger charge is -2.27. The van der Waals surface area contributed by atoms with Crippen molar-refractivity contribution in [3.05, 3.63) is 47.2 Å². The Bertz CT molecular complexity index is 624. The van der Waals surface area contributed by atoms with E-state index in [1.165, 1.54) is 0 Å². The van der Waals surface area contributed by atoms with Gasteiger partial charge in [0.05, 0.1) is 5.54 Å². The SMILES string of the molecule is CN1C(I)=NC(C(=O)OCc2ccccc2)=C2CC21C. The van der Waals surface area contributed by atoms with Crippen LogP contribution in [0.25, 0.3) is 0 Å². The molecule has 0 aromatic heterocycles. The first kappa shape index (κ1) is 13.6. The number of aliphatic imine (C=N–C) groups is 1. The number of fused-ring (bicyclic) bond motifs is 1. The molecule has 0 spiro atoms. The minimum Gasteiger partial charge on any atom is -0.456 e. The molecule has 5 heteroatoms. The Balaban J connectivity index is 1.73. The van der Waals surface area contributed by atoms with E-state index in [4.69, 9.17) is 4.74 Å². The van der Waals surface area contributed by atoms with E-state index < -0.39 is 0 Å². The topological polar surface area (TPSA) is 41.9 Å². The first-order valence-corrected chi connectivity index (χ1v) is 7.53.